The normalized spacial score (nSPS) is 32.3. The van der Waals surface area contributed by atoms with Crippen LogP contribution >= 0.6 is 33.7 Å². The minimum Gasteiger partial charge on any atom is -0.260 e. The van der Waals surface area contributed by atoms with Crippen LogP contribution in [-0.2, 0) is 0 Å². The lowest BCUT2D eigenvalue weighted by Crippen LogP contribution is -2.51. The van der Waals surface area contributed by atoms with Crippen molar-refractivity contribution < 1.29 is 0 Å². The highest BCUT2D eigenvalue weighted by atomic mass is 32.7. The minimum atomic E-state index is -2.42. The van der Waals surface area contributed by atoms with Crippen molar-refractivity contribution in [2.24, 2.45) is 26.8 Å². The zero-order chi connectivity index (χ0) is 11.2. The molecular formula is C3H17N8P3S+2. The molecule has 0 bridgehead atoms. The fraction of sp³-hybridized carbons (Fsp3) is 1.00. The van der Waals surface area contributed by atoms with Gasteiger partial charge in [-0.2, -0.15) is 22.0 Å². The van der Waals surface area contributed by atoms with Gasteiger partial charge in [0.2, 0.25) is 6.56 Å². The zero-order valence-corrected chi connectivity index (χ0v) is 11.6. The van der Waals surface area contributed by atoms with E-state index in [1.807, 2.05) is 0 Å². The molecule has 1 saturated heterocycles. The Morgan fingerprint density at radius 2 is 1.73 bits per heavy atom. The van der Waals surface area contributed by atoms with E-state index in [4.69, 9.17) is 22.0 Å². The topological polar surface area (TPSA) is 153 Å². The summed E-state index contributed by atoms with van der Waals surface area (Å²) in [5, 5.41) is 0. The number of nitrogens with two attached hydrogens (primary N) is 4. The smallest absolute Gasteiger partial charge is 0.260 e. The van der Waals surface area contributed by atoms with Crippen LogP contribution in [0.2, 0.25) is 0 Å². The molecule has 2 heterocycles. The van der Waals surface area contributed by atoms with Gasteiger partial charge >= 0.3 is 15.7 Å². The summed E-state index contributed by atoms with van der Waals surface area (Å²) in [7, 11) is -4.84. The largest absolute Gasteiger partial charge is 0.338 e. The Labute approximate surface area is 94.1 Å². The first-order valence-corrected chi connectivity index (χ1v) is 11.5. The summed E-state index contributed by atoms with van der Waals surface area (Å²) in [6.07, 6.45) is 1.07. The van der Waals surface area contributed by atoms with E-state index < -0.39 is 22.3 Å². The van der Waals surface area contributed by atoms with Crippen molar-refractivity contribution in [3.63, 3.8) is 0 Å². The van der Waals surface area contributed by atoms with Gasteiger partial charge in [0.15, 0.2) is 0 Å². The molecule has 12 heteroatoms. The van der Waals surface area contributed by atoms with Crippen LogP contribution in [0.3, 0.4) is 0 Å². The molecule has 8 nitrogen and oxygen atoms in total. The summed E-state index contributed by atoms with van der Waals surface area (Å²) in [6.45, 7) is -1.14. The molecule has 2 rings (SSSR count). The number of hydrogen-bond acceptors (Lipinski definition) is 9. The lowest BCUT2D eigenvalue weighted by atomic mass is 10.5. The zero-order valence-electron chi connectivity index (χ0n) is 8.13. The van der Waals surface area contributed by atoms with Crippen LogP contribution in [0, 0.1) is 0 Å². The molecule has 0 unspecified atom stereocenters. The maximum Gasteiger partial charge on any atom is 0.338 e. The molecule has 0 aromatic carbocycles. The molecule has 0 radical (unpaired) electrons. The summed E-state index contributed by atoms with van der Waals surface area (Å²) in [5.74, 6) is 1.03. The average molecular weight is 290 g/mol. The van der Waals surface area contributed by atoms with Gasteiger partial charge in [-0.3, -0.25) is 4.74 Å². The SMILES string of the molecule is N[P+]1(N)NP2(=NCCCS2)N[P+](N)(N)N1. The lowest BCUT2D eigenvalue weighted by Gasteiger charge is -2.36. The number of nitrogens with one attached hydrogen (secondary N) is 3. The molecule has 0 aliphatic carbocycles. The summed E-state index contributed by atoms with van der Waals surface area (Å²) in [6, 6.07) is 0. The van der Waals surface area contributed by atoms with Crippen LogP contribution in [0.15, 0.2) is 4.74 Å². The second-order valence-electron chi connectivity index (χ2n) is 3.48. The van der Waals surface area contributed by atoms with Gasteiger partial charge in [0.25, 0.3) is 0 Å². The number of hydrogen-bond donors (Lipinski definition) is 7. The summed E-state index contributed by atoms with van der Waals surface area (Å²) < 4.78 is 4.56. The van der Waals surface area contributed by atoms with Crippen molar-refractivity contribution in [2.75, 3.05) is 12.3 Å². The molecule has 0 aromatic heterocycles. The summed E-state index contributed by atoms with van der Waals surface area (Å²) in [4.78, 5) is 9.24. The fourth-order valence-corrected chi connectivity index (χ4v) is 16.1. The van der Waals surface area contributed by atoms with E-state index in [1.54, 1.807) is 11.4 Å². The van der Waals surface area contributed by atoms with Crippen LogP contribution in [0.1, 0.15) is 6.42 Å². The third kappa shape index (κ3) is 3.09. The maximum atomic E-state index is 5.91. The maximum absolute atomic E-state index is 5.91. The molecule has 0 atom stereocenters. The quantitative estimate of drug-likeness (QED) is 0.309. The average Bonchev–Trinajstić information content (AvgIpc) is 1.97. The first kappa shape index (κ1) is 12.6. The Morgan fingerprint density at radius 3 is 2.20 bits per heavy atom. The molecule has 11 N–H and O–H groups in total. The predicted octanol–water partition coefficient (Wildman–Crippen LogP) is 0.0419. The van der Waals surface area contributed by atoms with E-state index in [0.717, 1.165) is 18.7 Å². The molecule has 1 fully saturated rings. The Kier molecular flexibility index (Phi) is 3.46. The third-order valence-corrected chi connectivity index (χ3v) is 14.2. The molecule has 1 spiro atoms. The minimum absolute atomic E-state index is 0.806. The van der Waals surface area contributed by atoms with Gasteiger partial charge in [-0.05, 0) is 6.42 Å². The van der Waals surface area contributed by atoms with Crippen molar-refractivity contribution in [3.8, 4) is 0 Å². The Morgan fingerprint density at radius 1 is 1.13 bits per heavy atom. The van der Waals surface area contributed by atoms with Crippen molar-refractivity contribution in [1.82, 2.24) is 14.6 Å². The van der Waals surface area contributed by atoms with Crippen LogP contribution in [0.5, 0.6) is 0 Å². The van der Waals surface area contributed by atoms with E-state index in [2.05, 4.69) is 19.3 Å². The van der Waals surface area contributed by atoms with Crippen molar-refractivity contribution in [1.29, 1.82) is 0 Å². The van der Waals surface area contributed by atoms with Gasteiger partial charge in [0, 0.05) is 17.2 Å². The molecule has 88 valence electrons. The lowest BCUT2D eigenvalue weighted by molar-refractivity contribution is 0.941. The second kappa shape index (κ2) is 4.12. The molecule has 0 saturated carbocycles. The number of nitrogens with zero attached hydrogens (tertiary/aromatic N) is 1. The Hall–Kier alpha value is 1.16. The van der Waals surface area contributed by atoms with Gasteiger partial charge < -0.3 is 0 Å². The standard InChI is InChI=1S/C3H17N8P3S/c4-12(5)9-13(6,7)11-14(10-12)8-2-1-3-15-14/h9-11H,1-7H2/q+2. The second-order valence-corrected chi connectivity index (χ2v) is 13.5. The van der Waals surface area contributed by atoms with Crippen molar-refractivity contribution >= 4 is 33.7 Å². The molecule has 15 heavy (non-hydrogen) atoms. The molecule has 0 amide bonds. The van der Waals surface area contributed by atoms with Gasteiger partial charge in [-0.25, -0.2) is 0 Å². The fourth-order valence-electron chi connectivity index (χ4n) is 1.42. The van der Waals surface area contributed by atoms with E-state index in [-0.39, 0.29) is 0 Å². The summed E-state index contributed by atoms with van der Waals surface area (Å²) in [5.41, 5.74) is 23.6. The number of rotatable bonds is 0. The van der Waals surface area contributed by atoms with Crippen LogP contribution in [0.4, 0.5) is 0 Å². The highest BCUT2D eigenvalue weighted by Gasteiger charge is 2.57. The highest BCUT2D eigenvalue weighted by molar-refractivity contribution is 8.59. The van der Waals surface area contributed by atoms with E-state index >= 15 is 0 Å². The van der Waals surface area contributed by atoms with E-state index in [9.17, 15) is 0 Å². The molecule has 0 aromatic rings. The summed E-state index contributed by atoms with van der Waals surface area (Å²) >= 11 is 1.71. The van der Waals surface area contributed by atoms with Gasteiger partial charge in [0.05, 0.1) is 0 Å². The van der Waals surface area contributed by atoms with E-state index in [1.165, 1.54) is 0 Å². The van der Waals surface area contributed by atoms with Crippen molar-refractivity contribution in [2.45, 2.75) is 6.42 Å². The van der Waals surface area contributed by atoms with Crippen LogP contribution in [-0.4, -0.2) is 12.3 Å². The van der Waals surface area contributed by atoms with Crippen molar-refractivity contribution in [3.05, 3.63) is 0 Å². The van der Waals surface area contributed by atoms with Gasteiger partial charge in [-0.1, -0.05) is 21.1 Å². The van der Waals surface area contributed by atoms with Gasteiger partial charge in [-0.15, -0.1) is 0 Å². The monoisotopic (exact) mass is 290 g/mol. The molecular weight excluding hydrogens is 273 g/mol. The van der Waals surface area contributed by atoms with Crippen LogP contribution in [0.25, 0.3) is 0 Å². The highest BCUT2D eigenvalue weighted by Crippen LogP contribution is 2.72. The van der Waals surface area contributed by atoms with Gasteiger partial charge in [0.1, 0.15) is 0 Å². The third-order valence-electron chi connectivity index (χ3n) is 1.81. The molecule has 2 aliphatic heterocycles. The van der Waals surface area contributed by atoms with Crippen LogP contribution < -0.4 is 36.6 Å². The Balaban J connectivity index is 2.30. The first-order chi connectivity index (χ1) is 6.83. The Bertz CT molecular complexity index is 296. The molecule has 2 aliphatic rings. The van der Waals surface area contributed by atoms with E-state index in [0.29, 0.717) is 0 Å². The predicted molar refractivity (Wildman–Crippen MR) is 71.3 cm³/mol. The first-order valence-electron chi connectivity index (χ1n) is 4.36.